The molecule has 0 aliphatic carbocycles. The van der Waals surface area contributed by atoms with E-state index in [0.29, 0.717) is 66.4 Å². The molecule has 3 aliphatic rings. The number of methoxy groups -OCH3 is 1. The maximum atomic E-state index is 14.3. The Morgan fingerprint density at radius 2 is 1.46 bits per heavy atom. The first-order valence-corrected chi connectivity index (χ1v) is 27.6. The minimum atomic E-state index is -1.09. The number of hydrogen-bond donors (Lipinski definition) is 6. The van der Waals surface area contributed by atoms with Gasteiger partial charge in [-0.2, -0.15) is 0 Å². The number of amides is 6. The standard InChI is InChI=1S/C60H74N10O12/c1-8-26-81-59(77)70-47-32-51(50(78-7)31-45(47)57(76)69-25-11-9-14-46(69)58(70)82-53-16-10-12-27-80-53)79-28-13-15-52(72)63-44-30-49(68(6)34-44)56(75)65-41-19-17-39(18-20-41)40-29-48(67(5)33-40)55(74)66-43-23-21-42(22-24-43)64-54(73)38(4)62-35-60(61,36-71)37(2)3/h8,17-24,29-34,36-38,46,53,58,62H,1,9-16,25-28,35,61H2,2-7H3,(H,63,72)(H,64,73)(H,65,75)(H,66,74)/t38-,46-,53?,58?,60+/m0/s1. The van der Waals surface area contributed by atoms with Crippen molar-refractivity contribution >= 4 is 70.4 Å². The summed E-state index contributed by atoms with van der Waals surface area (Å²) in [7, 11) is 4.93. The van der Waals surface area contributed by atoms with Gasteiger partial charge in [0.15, 0.2) is 24.0 Å². The number of aryl methyl sites for hydroxylation is 2. The zero-order chi connectivity index (χ0) is 58.7. The van der Waals surface area contributed by atoms with Crippen LogP contribution in [0.1, 0.15) is 103 Å². The first-order chi connectivity index (χ1) is 39.4. The number of nitrogens with zero attached hydrogens (tertiary/aromatic N) is 4. The van der Waals surface area contributed by atoms with Crippen LogP contribution in [-0.4, -0.2) is 126 Å². The Hall–Kier alpha value is -8.31. The molecule has 8 rings (SSSR count). The molecule has 22 heteroatoms. The second kappa shape index (κ2) is 27.0. The van der Waals surface area contributed by atoms with Crippen LogP contribution in [0.25, 0.3) is 11.1 Å². The van der Waals surface area contributed by atoms with Crippen LogP contribution in [0.5, 0.6) is 11.5 Å². The van der Waals surface area contributed by atoms with E-state index in [1.165, 1.54) is 18.1 Å². The Labute approximate surface area is 477 Å². The lowest BCUT2D eigenvalue weighted by Crippen LogP contribution is -2.57. The van der Waals surface area contributed by atoms with E-state index in [9.17, 15) is 33.6 Å². The molecule has 5 heterocycles. The van der Waals surface area contributed by atoms with Crippen molar-refractivity contribution in [3.8, 4) is 22.6 Å². The number of ether oxygens (including phenoxy) is 5. The van der Waals surface area contributed by atoms with Gasteiger partial charge in [-0.25, -0.2) is 9.69 Å². The van der Waals surface area contributed by atoms with Gasteiger partial charge in [-0.1, -0.05) is 38.6 Å². The Balaban J connectivity index is 0.832. The van der Waals surface area contributed by atoms with Gasteiger partial charge in [0.1, 0.15) is 24.3 Å². The van der Waals surface area contributed by atoms with Crippen LogP contribution in [0.4, 0.5) is 33.2 Å². The first-order valence-electron chi connectivity index (χ1n) is 27.6. The fourth-order valence-corrected chi connectivity index (χ4v) is 9.96. The molecule has 2 unspecified atom stereocenters. The lowest BCUT2D eigenvalue weighted by atomic mass is 9.89. The van der Waals surface area contributed by atoms with Crippen LogP contribution in [-0.2, 0) is 42.7 Å². The lowest BCUT2D eigenvalue weighted by molar-refractivity contribution is -0.198. The summed E-state index contributed by atoms with van der Waals surface area (Å²) in [5.41, 5.74) is 9.79. The van der Waals surface area contributed by atoms with Crippen LogP contribution < -0.4 is 46.7 Å². The Bertz CT molecular complexity index is 3130. The van der Waals surface area contributed by atoms with Crippen molar-refractivity contribution in [2.75, 3.05) is 66.2 Å². The van der Waals surface area contributed by atoms with Crippen LogP contribution in [0.2, 0.25) is 0 Å². The third-order valence-electron chi connectivity index (χ3n) is 15.0. The fraction of sp³-hybridized carbons (Fsp3) is 0.417. The number of piperidine rings is 1. The molecular weight excluding hydrogens is 1050 g/mol. The van der Waals surface area contributed by atoms with Crippen molar-refractivity contribution in [3.05, 3.63) is 115 Å². The SMILES string of the molecule is C=CCOC(=O)N1c2cc(OCCCC(=O)Nc3cc(C(=O)Nc4ccc(-c5cc(C(=O)Nc6ccc(NC(=O)[C@H](C)NC[C@@](N)(C=O)C(C)C)cc6)n(C)c5)cc4)n(C)c3)c(OC)cc2C(=O)N2CCCC[C@H]2C1OC1CCCCO1. The molecule has 2 aromatic heterocycles. The molecule has 0 saturated carbocycles. The molecule has 2 saturated heterocycles. The van der Waals surface area contributed by atoms with Crippen molar-refractivity contribution in [1.82, 2.24) is 19.4 Å². The highest BCUT2D eigenvalue weighted by Crippen LogP contribution is 2.42. The fourth-order valence-electron chi connectivity index (χ4n) is 9.96. The predicted molar refractivity (Wildman–Crippen MR) is 310 cm³/mol. The number of carbonyl (C=O) groups excluding carboxylic acids is 7. The molecule has 6 amide bonds. The number of rotatable bonds is 23. The summed E-state index contributed by atoms with van der Waals surface area (Å²) >= 11 is 0. The number of anilines is 5. The minimum Gasteiger partial charge on any atom is -0.493 e. The molecule has 0 radical (unpaired) electrons. The summed E-state index contributed by atoms with van der Waals surface area (Å²) in [6.45, 7) is 10.2. The van der Waals surface area contributed by atoms with Gasteiger partial charge in [0, 0.05) is 81.3 Å². The van der Waals surface area contributed by atoms with Gasteiger partial charge < -0.3 is 74.8 Å². The van der Waals surface area contributed by atoms with Crippen molar-refractivity contribution in [2.24, 2.45) is 25.7 Å². The molecule has 0 bridgehead atoms. The number of nitrogens with one attached hydrogen (secondary N) is 5. The molecule has 3 aromatic carbocycles. The average Bonchev–Trinajstić information content (AvgIpc) is 4.27. The van der Waals surface area contributed by atoms with Crippen LogP contribution in [0.3, 0.4) is 0 Å². The molecule has 22 nitrogen and oxygen atoms in total. The molecule has 5 aromatic rings. The molecular formula is C60H74N10O12. The number of benzene rings is 3. The van der Waals surface area contributed by atoms with E-state index < -0.39 is 42.1 Å². The summed E-state index contributed by atoms with van der Waals surface area (Å²) in [5.74, 6) is -1.24. The Kier molecular flexibility index (Phi) is 19.7. The highest BCUT2D eigenvalue weighted by molar-refractivity contribution is 6.07. The third-order valence-corrected chi connectivity index (χ3v) is 15.0. The largest absolute Gasteiger partial charge is 0.493 e. The van der Waals surface area contributed by atoms with Crippen LogP contribution in [0.15, 0.2) is 97.8 Å². The highest BCUT2D eigenvalue weighted by atomic mass is 16.7. The average molecular weight is 1130 g/mol. The molecule has 0 spiro atoms. The maximum absolute atomic E-state index is 14.3. The minimum absolute atomic E-state index is 0.0621. The number of aldehydes is 1. The molecule has 7 N–H and O–H groups in total. The number of nitrogens with two attached hydrogens (primary N) is 1. The zero-order valence-corrected chi connectivity index (χ0v) is 47.3. The third kappa shape index (κ3) is 14.2. The van der Waals surface area contributed by atoms with E-state index in [4.69, 9.17) is 29.4 Å². The summed E-state index contributed by atoms with van der Waals surface area (Å²) in [6, 6.07) is 19.3. The maximum Gasteiger partial charge on any atom is 0.416 e. The first kappa shape index (κ1) is 59.8. The second-order valence-corrected chi connectivity index (χ2v) is 21.1. The Morgan fingerprint density at radius 3 is 2.11 bits per heavy atom. The van der Waals surface area contributed by atoms with Gasteiger partial charge in [-0.3, -0.25) is 24.0 Å². The van der Waals surface area contributed by atoms with Crippen molar-refractivity contribution in [2.45, 2.75) is 102 Å². The summed E-state index contributed by atoms with van der Waals surface area (Å²) in [5, 5.41) is 14.5. The van der Waals surface area contributed by atoms with Gasteiger partial charge in [0.05, 0.1) is 48.3 Å². The number of hydrogen-bond acceptors (Lipinski definition) is 14. The number of carbonyl (C=O) groups is 7. The molecule has 3 aliphatic heterocycles. The zero-order valence-electron chi connectivity index (χ0n) is 47.3. The summed E-state index contributed by atoms with van der Waals surface area (Å²) < 4.78 is 33.4. The number of aromatic nitrogens is 2. The van der Waals surface area contributed by atoms with E-state index in [1.807, 2.05) is 32.2 Å². The molecule has 82 heavy (non-hydrogen) atoms. The summed E-state index contributed by atoms with van der Waals surface area (Å²) in [6.07, 6.45) is 8.45. The monoisotopic (exact) mass is 1130 g/mol. The van der Waals surface area contributed by atoms with Crippen LogP contribution in [0, 0.1) is 5.92 Å². The molecule has 2 fully saturated rings. The highest BCUT2D eigenvalue weighted by Gasteiger charge is 2.47. The second-order valence-electron chi connectivity index (χ2n) is 21.1. The molecule has 436 valence electrons. The van der Waals surface area contributed by atoms with Gasteiger partial charge in [-0.15, -0.1) is 0 Å². The van der Waals surface area contributed by atoms with Gasteiger partial charge >= 0.3 is 6.09 Å². The van der Waals surface area contributed by atoms with Crippen LogP contribution >= 0.6 is 0 Å². The van der Waals surface area contributed by atoms with Crippen molar-refractivity contribution < 1.29 is 57.2 Å². The Morgan fingerprint density at radius 1 is 0.805 bits per heavy atom. The number of fused-ring (bicyclic) bond motifs is 2. The van der Waals surface area contributed by atoms with Gasteiger partial charge in [-0.05, 0) is 118 Å². The van der Waals surface area contributed by atoms with E-state index in [1.54, 1.807) is 102 Å². The van der Waals surface area contributed by atoms with E-state index in [-0.39, 0.29) is 84.9 Å². The van der Waals surface area contributed by atoms with Gasteiger partial charge in [0.2, 0.25) is 11.8 Å². The van der Waals surface area contributed by atoms with Crippen molar-refractivity contribution in [1.29, 1.82) is 0 Å². The predicted octanol–water partition coefficient (Wildman–Crippen LogP) is 7.82. The van der Waals surface area contributed by atoms with E-state index >= 15 is 0 Å². The van der Waals surface area contributed by atoms with E-state index in [0.717, 1.165) is 36.8 Å². The normalized spacial score (nSPS) is 18.0. The topological polar surface area (TPSA) is 268 Å². The summed E-state index contributed by atoms with van der Waals surface area (Å²) in [4.78, 5) is 96.0. The van der Waals surface area contributed by atoms with E-state index in [2.05, 4.69) is 33.2 Å². The van der Waals surface area contributed by atoms with Gasteiger partial charge in [0.25, 0.3) is 17.7 Å². The molecule has 5 atom stereocenters. The quantitative estimate of drug-likeness (QED) is 0.0207. The smallest absolute Gasteiger partial charge is 0.416 e. The lowest BCUT2D eigenvalue weighted by Gasteiger charge is -2.42. The van der Waals surface area contributed by atoms with Crippen molar-refractivity contribution in [3.63, 3.8) is 0 Å².